The Hall–Kier alpha value is -3.24. The maximum atomic E-state index is 13.4. The molecular formula is C29H27FN2O. The summed E-state index contributed by atoms with van der Waals surface area (Å²) < 4.78 is 15.3. The van der Waals surface area contributed by atoms with Crippen LogP contribution in [0.15, 0.2) is 78.5 Å². The Morgan fingerprint density at radius 2 is 1.85 bits per heavy atom. The van der Waals surface area contributed by atoms with E-state index in [0.29, 0.717) is 0 Å². The molecule has 0 unspecified atom stereocenters. The molecule has 0 spiro atoms. The molecule has 4 aromatic rings. The molecule has 4 heteroatoms. The highest BCUT2D eigenvalue weighted by Crippen LogP contribution is 2.54. The van der Waals surface area contributed by atoms with Crippen molar-refractivity contribution in [2.24, 2.45) is 11.3 Å². The number of hydrogen-bond donors (Lipinski definition) is 1. The Morgan fingerprint density at radius 3 is 2.67 bits per heavy atom. The largest absolute Gasteiger partial charge is 0.388 e. The Bertz CT molecular complexity index is 1370. The number of aliphatic hydroxyl groups is 1. The predicted octanol–water partition coefficient (Wildman–Crippen LogP) is 6.64. The van der Waals surface area contributed by atoms with Gasteiger partial charge in [-0.25, -0.2) is 9.07 Å². The van der Waals surface area contributed by atoms with Crippen LogP contribution in [0.25, 0.3) is 22.5 Å². The van der Waals surface area contributed by atoms with Crippen molar-refractivity contribution in [1.82, 2.24) is 9.78 Å². The summed E-state index contributed by atoms with van der Waals surface area (Å²) in [4.78, 5) is 0. The fourth-order valence-electron chi connectivity index (χ4n) is 6.00. The Balaban J connectivity index is 1.37. The molecule has 1 aromatic heterocycles. The van der Waals surface area contributed by atoms with Crippen LogP contribution in [0.3, 0.4) is 0 Å². The average molecular weight is 439 g/mol. The van der Waals surface area contributed by atoms with Gasteiger partial charge in [-0.3, -0.25) is 0 Å². The average Bonchev–Trinajstić information content (AvgIpc) is 3.23. The van der Waals surface area contributed by atoms with Crippen LogP contribution >= 0.6 is 0 Å². The van der Waals surface area contributed by atoms with Crippen molar-refractivity contribution < 1.29 is 9.50 Å². The van der Waals surface area contributed by atoms with Crippen molar-refractivity contribution in [1.29, 1.82) is 0 Å². The number of fused-ring (bicyclic) bond motifs is 3. The summed E-state index contributed by atoms with van der Waals surface area (Å²) in [7, 11) is 0. The molecule has 3 atom stereocenters. The second-order valence-corrected chi connectivity index (χ2v) is 9.76. The first kappa shape index (κ1) is 20.4. The van der Waals surface area contributed by atoms with E-state index in [1.165, 1.54) is 28.7 Å². The van der Waals surface area contributed by atoms with Crippen molar-refractivity contribution in [2.75, 3.05) is 0 Å². The van der Waals surface area contributed by atoms with Crippen molar-refractivity contribution in [2.45, 2.75) is 38.7 Å². The molecule has 3 nitrogen and oxygen atoms in total. The zero-order chi connectivity index (χ0) is 22.6. The minimum atomic E-state index is -0.517. The van der Waals surface area contributed by atoms with E-state index >= 15 is 0 Å². The summed E-state index contributed by atoms with van der Waals surface area (Å²) in [6.07, 6.45) is 7.65. The van der Waals surface area contributed by atoms with E-state index in [0.717, 1.165) is 48.0 Å². The third-order valence-electron chi connectivity index (χ3n) is 7.84. The molecule has 2 aliphatic rings. The summed E-state index contributed by atoms with van der Waals surface area (Å²) >= 11 is 0. The molecule has 0 aliphatic heterocycles. The number of halogens is 1. The summed E-state index contributed by atoms with van der Waals surface area (Å²) in [6.45, 7) is 2.31. The number of nitrogens with zero attached hydrogens (tertiary/aromatic N) is 2. The first-order valence-electron chi connectivity index (χ1n) is 11.7. The van der Waals surface area contributed by atoms with Gasteiger partial charge in [0.25, 0.3) is 0 Å². The van der Waals surface area contributed by atoms with Gasteiger partial charge < -0.3 is 5.11 Å². The van der Waals surface area contributed by atoms with Crippen LogP contribution in [0.5, 0.6) is 0 Å². The van der Waals surface area contributed by atoms with Crippen molar-refractivity contribution >= 4 is 16.8 Å². The summed E-state index contributed by atoms with van der Waals surface area (Å²) in [6, 6.07) is 21.1. The molecule has 0 amide bonds. The molecule has 1 saturated carbocycles. The van der Waals surface area contributed by atoms with E-state index in [2.05, 4.69) is 48.4 Å². The molecule has 1 fully saturated rings. The van der Waals surface area contributed by atoms with Crippen LogP contribution < -0.4 is 0 Å². The van der Waals surface area contributed by atoms with Crippen LogP contribution in [0.4, 0.5) is 4.39 Å². The van der Waals surface area contributed by atoms with E-state index in [4.69, 9.17) is 0 Å². The molecule has 0 radical (unpaired) electrons. The van der Waals surface area contributed by atoms with Gasteiger partial charge in [0.1, 0.15) is 5.82 Å². The fraction of sp³-hybridized carbons (Fsp3) is 0.276. The van der Waals surface area contributed by atoms with Gasteiger partial charge in [-0.1, -0.05) is 48.9 Å². The van der Waals surface area contributed by atoms with Crippen LogP contribution in [0.1, 0.15) is 49.1 Å². The van der Waals surface area contributed by atoms with Gasteiger partial charge in [-0.2, -0.15) is 5.10 Å². The highest BCUT2D eigenvalue weighted by Gasteiger charge is 2.46. The highest BCUT2D eigenvalue weighted by molar-refractivity contribution is 5.83. The number of hydrogen-bond acceptors (Lipinski definition) is 2. The molecule has 2 aliphatic carbocycles. The fourth-order valence-corrected chi connectivity index (χ4v) is 6.00. The minimum absolute atomic E-state index is 0.118. The topological polar surface area (TPSA) is 38.0 Å². The Labute approximate surface area is 193 Å². The number of rotatable bonds is 3. The summed E-state index contributed by atoms with van der Waals surface area (Å²) in [5.41, 5.74) is 5.39. The monoisotopic (exact) mass is 438 g/mol. The van der Waals surface area contributed by atoms with E-state index in [1.54, 1.807) is 12.1 Å². The molecule has 166 valence electrons. The van der Waals surface area contributed by atoms with Crippen LogP contribution in [-0.4, -0.2) is 14.9 Å². The van der Waals surface area contributed by atoms with Gasteiger partial charge in [0.15, 0.2) is 0 Å². The molecule has 3 aromatic carbocycles. The number of benzene rings is 3. The maximum absolute atomic E-state index is 13.4. The van der Waals surface area contributed by atoms with Gasteiger partial charge in [-0.05, 0) is 95.3 Å². The molecule has 0 saturated heterocycles. The third kappa shape index (κ3) is 3.32. The summed E-state index contributed by atoms with van der Waals surface area (Å²) in [5.74, 6) is -0.107. The SMILES string of the molecule is C[C@]12Cc3cnn(-c4ccc(F)cc4)c3C=C1CCC[C@@H]2[C@@H](O)c1ccc2ccccc2c1. The molecule has 33 heavy (non-hydrogen) atoms. The summed E-state index contributed by atoms with van der Waals surface area (Å²) in [5, 5.41) is 18.6. The second-order valence-electron chi connectivity index (χ2n) is 9.76. The van der Waals surface area contributed by atoms with Crippen molar-refractivity contribution in [3.05, 3.63) is 101 Å². The zero-order valence-corrected chi connectivity index (χ0v) is 18.7. The highest BCUT2D eigenvalue weighted by atomic mass is 19.1. The second kappa shape index (κ2) is 7.67. The van der Waals surface area contributed by atoms with Crippen molar-refractivity contribution in [3.63, 3.8) is 0 Å². The standard InChI is InChI=1S/C29H27FN2O/c1-29-17-22-18-31-32(25-13-11-24(30)12-14-25)27(22)16-23(29)7-4-8-26(29)28(33)21-10-9-19-5-2-3-6-20(19)15-21/h2-3,5-6,9-16,18,26,28,33H,4,7-8,17H2,1H3/t26-,28+,29+/m1/s1. The zero-order valence-electron chi connectivity index (χ0n) is 18.7. The molecule has 6 rings (SSSR count). The van der Waals surface area contributed by atoms with Crippen LogP contribution in [0, 0.1) is 17.2 Å². The quantitative estimate of drug-likeness (QED) is 0.389. The van der Waals surface area contributed by atoms with Gasteiger partial charge in [0.2, 0.25) is 0 Å². The van der Waals surface area contributed by atoms with Gasteiger partial charge >= 0.3 is 0 Å². The van der Waals surface area contributed by atoms with E-state index in [1.807, 2.05) is 23.0 Å². The van der Waals surface area contributed by atoms with Gasteiger partial charge in [-0.15, -0.1) is 0 Å². The molecule has 0 bridgehead atoms. The number of aliphatic hydroxyl groups excluding tert-OH is 1. The lowest BCUT2D eigenvalue weighted by Crippen LogP contribution is -2.40. The number of aromatic nitrogens is 2. The lowest BCUT2D eigenvalue weighted by atomic mass is 9.57. The lowest BCUT2D eigenvalue weighted by molar-refractivity contribution is 0.0218. The lowest BCUT2D eigenvalue weighted by Gasteiger charge is -2.47. The van der Waals surface area contributed by atoms with Crippen molar-refractivity contribution in [3.8, 4) is 5.69 Å². The number of allylic oxidation sites excluding steroid dienone is 1. The Morgan fingerprint density at radius 1 is 1.06 bits per heavy atom. The van der Waals surface area contributed by atoms with Crippen LogP contribution in [-0.2, 0) is 6.42 Å². The van der Waals surface area contributed by atoms with E-state index in [-0.39, 0.29) is 17.2 Å². The smallest absolute Gasteiger partial charge is 0.123 e. The van der Waals surface area contributed by atoms with E-state index < -0.39 is 6.10 Å². The first-order valence-corrected chi connectivity index (χ1v) is 11.7. The van der Waals surface area contributed by atoms with Gasteiger partial charge in [0, 0.05) is 0 Å². The predicted molar refractivity (Wildman–Crippen MR) is 130 cm³/mol. The first-order chi connectivity index (χ1) is 16.0. The Kier molecular flexibility index (Phi) is 4.73. The minimum Gasteiger partial charge on any atom is -0.388 e. The van der Waals surface area contributed by atoms with Crippen LogP contribution in [0.2, 0.25) is 0 Å². The maximum Gasteiger partial charge on any atom is 0.123 e. The third-order valence-corrected chi connectivity index (χ3v) is 7.84. The normalized spacial score (nSPS) is 23.0. The van der Waals surface area contributed by atoms with E-state index in [9.17, 15) is 9.50 Å². The molecule has 1 heterocycles. The molecule has 1 N–H and O–H groups in total. The molecular weight excluding hydrogens is 411 g/mol. The van der Waals surface area contributed by atoms with Gasteiger partial charge in [0.05, 0.1) is 23.7 Å².